The van der Waals surface area contributed by atoms with Crippen molar-refractivity contribution in [2.45, 2.75) is 68.0 Å². The molecule has 220 valence electrons. The summed E-state index contributed by atoms with van der Waals surface area (Å²) in [7, 11) is 1.57. The smallest absolute Gasteiger partial charge is 0.226 e. The normalized spacial score (nSPS) is 34.3. The van der Waals surface area contributed by atoms with E-state index in [0.717, 1.165) is 16.7 Å². The fourth-order valence-electron chi connectivity index (χ4n) is 5.20. The first-order valence-corrected chi connectivity index (χ1v) is 13.2. The molecule has 2 aliphatic rings. The molecule has 12 heteroatoms. The molecule has 40 heavy (non-hydrogen) atoms. The van der Waals surface area contributed by atoms with Crippen molar-refractivity contribution >= 4 is 5.91 Å². The molecule has 12 nitrogen and oxygen atoms in total. The second kappa shape index (κ2) is 13.3. The molecule has 0 aromatic heterocycles. The second-order valence-corrected chi connectivity index (χ2v) is 10.2. The lowest BCUT2D eigenvalue weighted by atomic mass is 9.81. The van der Waals surface area contributed by atoms with Crippen molar-refractivity contribution in [2.24, 2.45) is 5.92 Å². The van der Waals surface area contributed by atoms with Crippen LogP contribution < -0.4 is 10.1 Å². The molecule has 2 aromatic carbocycles. The molecule has 0 bridgehead atoms. The van der Waals surface area contributed by atoms with E-state index >= 15 is 0 Å². The second-order valence-electron chi connectivity index (χ2n) is 10.2. The zero-order valence-corrected chi connectivity index (χ0v) is 22.0. The molecule has 0 spiro atoms. The van der Waals surface area contributed by atoms with Crippen molar-refractivity contribution in [3.63, 3.8) is 0 Å². The van der Waals surface area contributed by atoms with E-state index in [1.54, 1.807) is 25.2 Å². The molecule has 0 saturated carbocycles. The van der Waals surface area contributed by atoms with Crippen molar-refractivity contribution in [1.29, 1.82) is 0 Å². The first-order valence-electron chi connectivity index (χ1n) is 13.2. The summed E-state index contributed by atoms with van der Waals surface area (Å²) in [6.07, 6.45) is -12.2. The van der Waals surface area contributed by atoms with Crippen LogP contribution in [0.25, 0.3) is 11.1 Å². The molecule has 2 aromatic rings. The average Bonchev–Trinajstić information content (AvgIpc) is 2.96. The zero-order valence-electron chi connectivity index (χ0n) is 22.0. The van der Waals surface area contributed by atoms with Crippen LogP contribution in [0.3, 0.4) is 0 Å². The lowest BCUT2D eigenvalue weighted by Crippen LogP contribution is -2.62. The molecule has 2 aliphatic heterocycles. The third-order valence-electron chi connectivity index (χ3n) is 7.51. The maximum atomic E-state index is 11.8. The molecule has 1 amide bonds. The van der Waals surface area contributed by atoms with E-state index in [-0.39, 0.29) is 18.7 Å². The van der Waals surface area contributed by atoms with Gasteiger partial charge in [0.15, 0.2) is 0 Å². The molecule has 0 aliphatic carbocycles. The van der Waals surface area contributed by atoms with E-state index in [2.05, 4.69) is 5.32 Å². The number of hydrogen-bond donors (Lipinski definition) is 8. The highest BCUT2D eigenvalue weighted by molar-refractivity contribution is 5.79. The standard InChI is InChI=1S/C28H37NO11/c1-29-22(32)9-14-4-2-5-15(8-14)16-6-3-7-17(10-16)38-28-24(34)18(23(33)20(12-30)40-28)11-19-25(35)27(37)26(36)21(13-31)39-19/h2-8,10,18-21,23-28,30-31,33-37H,9,11-13H2,1H3,(H,29,32). The predicted octanol–water partition coefficient (Wildman–Crippen LogP) is -1.69. The number of ether oxygens (including phenoxy) is 3. The van der Waals surface area contributed by atoms with Crippen LogP contribution in [-0.2, 0) is 20.7 Å². The van der Waals surface area contributed by atoms with Gasteiger partial charge in [-0.25, -0.2) is 0 Å². The van der Waals surface area contributed by atoms with Gasteiger partial charge >= 0.3 is 0 Å². The average molecular weight is 564 g/mol. The minimum absolute atomic E-state index is 0.114. The molecule has 10 unspecified atom stereocenters. The van der Waals surface area contributed by atoms with Gasteiger partial charge in [0.1, 0.15) is 42.4 Å². The van der Waals surface area contributed by atoms with E-state index < -0.39 is 74.3 Å². The lowest BCUT2D eigenvalue weighted by Gasteiger charge is -2.46. The summed E-state index contributed by atoms with van der Waals surface area (Å²) in [4.78, 5) is 11.8. The van der Waals surface area contributed by atoms with Gasteiger partial charge in [-0.05, 0) is 35.2 Å². The Balaban J connectivity index is 1.51. The van der Waals surface area contributed by atoms with Gasteiger partial charge < -0.3 is 55.3 Å². The van der Waals surface area contributed by atoms with E-state index in [4.69, 9.17) is 14.2 Å². The van der Waals surface area contributed by atoms with Crippen LogP contribution in [0.4, 0.5) is 0 Å². The molecule has 2 fully saturated rings. The van der Waals surface area contributed by atoms with Gasteiger partial charge in [-0.1, -0.05) is 36.4 Å². The maximum absolute atomic E-state index is 11.8. The molecule has 0 radical (unpaired) electrons. The van der Waals surface area contributed by atoms with Gasteiger partial charge in [-0.3, -0.25) is 4.79 Å². The monoisotopic (exact) mass is 563 g/mol. The minimum atomic E-state index is -1.61. The van der Waals surface area contributed by atoms with Crippen molar-refractivity contribution in [1.82, 2.24) is 5.32 Å². The van der Waals surface area contributed by atoms with E-state index in [1.807, 2.05) is 30.3 Å². The topological polar surface area (TPSA) is 198 Å². The number of benzene rings is 2. The van der Waals surface area contributed by atoms with E-state index in [0.29, 0.717) is 5.75 Å². The minimum Gasteiger partial charge on any atom is -0.462 e. The molecule has 2 heterocycles. The number of aliphatic hydroxyl groups excluding tert-OH is 7. The third-order valence-corrected chi connectivity index (χ3v) is 7.51. The Hall–Kier alpha value is -2.65. The van der Waals surface area contributed by atoms with E-state index in [9.17, 15) is 40.5 Å². The number of hydrogen-bond acceptors (Lipinski definition) is 11. The highest BCUT2D eigenvalue weighted by Gasteiger charge is 2.50. The van der Waals surface area contributed by atoms with Crippen LogP contribution >= 0.6 is 0 Å². The highest BCUT2D eigenvalue weighted by Crippen LogP contribution is 2.35. The SMILES string of the molecule is CNC(=O)Cc1cccc(-c2cccc(OC3OC(CO)C(O)C(CC4OC(CO)C(O)C(O)C4O)C3O)c2)c1. The summed E-state index contributed by atoms with van der Waals surface area (Å²) < 4.78 is 17.2. The number of aliphatic hydroxyl groups is 7. The zero-order chi connectivity index (χ0) is 29.0. The summed E-state index contributed by atoms with van der Waals surface area (Å²) in [5, 5.41) is 74.5. The Labute approximate surface area is 231 Å². The fraction of sp³-hybridized carbons (Fsp3) is 0.536. The van der Waals surface area contributed by atoms with Gasteiger partial charge in [0, 0.05) is 13.0 Å². The van der Waals surface area contributed by atoms with Crippen LogP contribution in [-0.4, -0.2) is 117 Å². The van der Waals surface area contributed by atoms with Gasteiger partial charge in [0.05, 0.1) is 31.8 Å². The first kappa shape index (κ1) is 30.3. The molecule has 2 saturated heterocycles. The van der Waals surface area contributed by atoms with Crippen LogP contribution in [0, 0.1) is 5.92 Å². The number of likely N-dealkylation sites (N-methyl/N-ethyl adjacent to an activating group) is 1. The van der Waals surface area contributed by atoms with Gasteiger partial charge in [-0.15, -0.1) is 0 Å². The Morgan fingerprint density at radius 3 is 2.10 bits per heavy atom. The van der Waals surface area contributed by atoms with Gasteiger partial charge in [0.2, 0.25) is 12.2 Å². The molecule has 8 N–H and O–H groups in total. The van der Waals surface area contributed by atoms with Crippen LogP contribution in [0.5, 0.6) is 5.75 Å². The Morgan fingerprint density at radius 2 is 1.43 bits per heavy atom. The quantitative estimate of drug-likeness (QED) is 0.173. The number of nitrogens with one attached hydrogen (secondary N) is 1. The number of rotatable bonds is 9. The van der Waals surface area contributed by atoms with Crippen LogP contribution in [0.2, 0.25) is 0 Å². The van der Waals surface area contributed by atoms with Crippen molar-refractivity contribution < 1.29 is 54.8 Å². The molecule has 4 rings (SSSR count). The molecular formula is C28H37NO11. The van der Waals surface area contributed by atoms with Gasteiger partial charge in [0.25, 0.3) is 0 Å². The maximum Gasteiger partial charge on any atom is 0.226 e. The summed E-state index contributed by atoms with van der Waals surface area (Å²) in [6, 6.07) is 14.4. The Bertz CT molecular complexity index is 1130. The summed E-state index contributed by atoms with van der Waals surface area (Å²) in [5.41, 5.74) is 2.43. The fourth-order valence-corrected chi connectivity index (χ4v) is 5.20. The number of amides is 1. The van der Waals surface area contributed by atoms with Crippen LogP contribution in [0.15, 0.2) is 48.5 Å². The van der Waals surface area contributed by atoms with Crippen molar-refractivity contribution in [3.05, 3.63) is 54.1 Å². The van der Waals surface area contributed by atoms with Crippen LogP contribution in [0.1, 0.15) is 12.0 Å². The van der Waals surface area contributed by atoms with Crippen molar-refractivity contribution in [3.8, 4) is 16.9 Å². The number of carbonyl (C=O) groups is 1. The third kappa shape index (κ3) is 6.62. The predicted molar refractivity (Wildman–Crippen MR) is 140 cm³/mol. The summed E-state index contributed by atoms with van der Waals surface area (Å²) in [5.74, 6) is -0.809. The molecular weight excluding hydrogens is 526 g/mol. The van der Waals surface area contributed by atoms with E-state index in [1.165, 1.54) is 0 Å². The van der Waals surface area contributed by atoms with Crippen molar-refractivity contribution in [2.75, 3.05) is 20.3 Å². The molecule has 10 atom stereocenters. The number of carbonyl (C=O) groups excluding carboxylic acids is 1. The highest BCUT2D eigenvalue weighted by atomic mass is 16.7. The Kier molecular flexibility index (Phi) is 10.1. The first-order chi connectivity index (χ1) is 19.2. The van der Waals surface area contributed by atoms with Gasteiger partial charge in [-0.2, -0.15) is 0 Å². The largest absolute Gasteiger partial charge is 0.462 e. The summed E-state index contributed by atoms with van der Waals surface area (Å²) >= 11 is 0. The lowest BCUT2D eigenvalue weighted by molar-refractivity contribution is -0.278. The summed E-state index contributed by atoms with van der Waals surface area (Å²) in [6.45, 7) is -1.20. The Morgan fingerprint density at radius 1 is 0.800 bits per heavy atom.